The van der Waals surface area contributed by atoms with Crippen molar-refractivity contribution in [2.24, 2.45) is 0 Å². The summed E-state index contributed by atoms with van der Waals surface area (Å²) in [5.74, 6) is 0.0900. The number of rotatable bonds is 6. The van der Waals surface area contributed by atoms with Gasteiger partial charge in [0.15, 0.2) is 4.34 Å². The van der Waals surface area contributed by atoms with Gasteiger partial charge in [-0.05, 0) is 19.1 Å². The number of anilines is 1. The third kappa shape index (κ3) is 4.15. The highest BCUT2D eigenvalue weighted by atomic mass is 32.2. The summed E-state index contributed by atoms with van der Waals surface area (Å²) >= 11 is 2.61. The molecule has 0 fully saturated rings. The molecule has 1 aromatic heterocycles. The van der Waals surface area contributed by atoms with Gasteiger partial charge >= 0.3 is 0 Å². The average Bonchev–Trinajstić information content (AvgIpc) is 2.91. The summed E-state index contributed by atoms with van der Waals surface area (Å²) < 4.78 is 5.62. The van der Waals surface area contributed by atoms with E-state index in [2.05, 4.69) is 15.5 Å². The van der Waals surface area contributed by atoms with E-state index in [9.17, 15) is 14.9 Å². The fourth-order valence-electron chi connectivity index (χ4n) is 1.55. The van der Waals surface area contributed by atoms with Gasteiger partial charge in [0.1, 0.15) is 16.4 Å². The van der Waals surface area contributed by atoms with Crippen molar-refractivity contribution in [2.45, 2.75) is 11.3 Å². The maximum atomic E-state index is 11.9. The van der Waals surface area contributed by atoms with Gasteiger partial charge in [0.2, 0.25) is 5.91 Å². The first-order chi connectivity index (χ1) is 10.5. The van der Waals surface area contributed by atoms with Crippen molar-refractivity contribution in [2.75, 3.05) is 18.2 Å². The Hall–Kier alpha value is -2.20. The molecule has 1 aromatic carbocycles. The van der Waals surface area contributed by atoms with Crippen LogP contribution in [0.1, 0.15) is 5.01 Å². The minimum absolute atomic E-state index is 0.0951. The number of ether oxygens (including phenoxy) is 1. The molecule has 0 bridgehead atoms. The fourth-order valence-corrected chi connectivity index (χ4v) is 3.16. The number of nitrogens with one attached hydrogen (secondary N) is 1. The predicted molar refractivity (Wildman–Crippen MR) is 83.6 cm³/mol. The molecule has 10 heteroatoms. The molecule has 22 heavy (non-hydrogen) atoms. The van der Waals surface area contributed by atoms with Crippen LogP contribution in [-0.4, -0.2) is 33.9 Å². The molecule has 0 saturated heterocycles. The van der Waals surface area contributed by atoms with E-state index in [1.807, 2.05) is 6.92 Å². The number of hydrogen-bond acceptors (Lipinski definition) is 8. The first kappa shape index (κ1) is 16.2. The maximum absolute atomic E-state index is 11.9. The summed E-state index contributed by atoms with van der Waals surface area (Å²) in [7, 11) is 1.41. The number of amides is 1. The highest BCUT2D eigenvalue weighted by Gasteiger charge is 2.17. The van der Waals surface area contributed by atoms with Crippen molar-refractivity contribution < 1.29 is 14.5 Å². The maximum Gasteiger partial charge on any atom is 0.296 e. The van der Waals surface area contributed by atoms with Gasteiger partial charge in [0.05, 0.1) is 23.9 Å². The van der Waals surface area contributed by atoms with Crippen LogP contribution in [0.25, 0.3) is 0 Å². The molecular formula is C12H12N4O4S2. The Morgan fingerprint density at radius 3 is 2.86 bits per heavy atom. The van der Waals surface area contributed by atoms with Crippen LogP contribution in [0, 0.1) is 17.0 Å². The van der Waals surface area contributed by atoms with E-state index in [0.29, 0.717) is 10.1 Å². The Morgan fingerprint density at radius 1 is 1.50 bits per heavy atom. The second-order valence-corrected chi connectivity index (χ2v) is 6.47. The molecule has 0 atom stereocenters. The first-order valence-corrected chi connectivity index (χ1v) is 7.85. The van der Waals surface area contributed by atoms with Crippen molar-refractivity contribution in [3.63, 3.8) is 0 Å². The number of carbonyl (C=O) groups is 1. The van der Waals surface area contributed by atoms with Gasteiger partial charge in [-0.3, -0.25) is 14.9 Å². The van der Waals surface area contributed by atoms with Gasteiger partial charge in [-0.2, -0.15) is 0 Å². The summed E-state index contributed by atoms with van der Waals surface area (Å²) in [5, 5.41) is 22.1. The molecule has 0 saturated carbocycles. The largest absolute Gasteiger partial charge is 0.496 e. The van der Waals surface area contributed by atoms with Crippen molar-refractivity contribution in [1.82, 2.24) is 10.2 Å². The van der Waals surface area contributed by atoms with Crippen LogP contribution in [0.5, 0.6) is 5.75 Å². The summed E-state index contributed by atoms with van der Waals surface area (Å²) in [6, 6.07) is 4.25. The lowest BCUT2D eigenvalue weighted by Crippen LogP contribution is -2.15. The number of benzene rings is 1. The summed E-state index contributed by atoms with van der Waals surface area (Å²) in [6.45, 7) is 1.82. The Kier molecular flexibility index (Phi) is 5.28. The summed E-state index contributed by atoms with van der Waals surface area (Å²) in [4.78, 5) is 22.4. The van der Waals surface area contributed by atoms with E-state index in [0.717, 1.165) is 5.01 Å². The van der Waals surface area contributed by atoms with Crippen LogP contribution in [0.3, 0.4) is 0 Å². The number of aryl methyl sites for hydroxylation is 1. The van der Waals surface area contributed by atoms with E-state index in [-0.39, 0.29) is 23.0 Å². The van der Waals surface area contributed by atoms with Crippen LogP contribution >= 0.6 is 23.1 Å². The SMILES string of the molecule is COc1ccc(NC(=O)CSc2nnc(C)s2)c([N+](=O)[O-])c1. The van der Waals surface area contributed by atoms with E-state index in [4.69, 9.17) is 4.74 Å². The molecule has 8 nitrogen and oxygen atoms in total. The third-order valence-electron chi connectivity index (χ3n) is 2.51. The van der Waals surface area contributed by atoms with Crippen LogP contribution in [0.15, 0.2) is 22.5 Å². The molecular weight excluding hydrogens is 328 g/mol. The zero-order valence-electron chi connectivity index (χ0n) is 11.7. The minimum atomic E-state index is -0.570. The summed E-state index contributed by atoms with van der Waals surface area (Å²) in [6.07, 6.45) is 0. The molecule has 0 aliphatic rings. The van der Waals surface area contributed by atoms with E-state index < -0.39 is 4.92 Å². The molecule has 0 radical (unpaired) electrons. The number of methoxy groups -OCH3 is 1. The number of aromatic nitrogens is 2. The van der Waals surface area contributed by atoms with Gasteiger partial charge in [0, 0.05) is 0 Å². The van der Waals surface area contributed by atoms with Crippen molar-refractivity contribution >= 4 is 40.4 Å². The highest BCUT2D eigenvalue weighted by Crippen LogP contribution is 2.29. The monoisotopic (exact) mass is 340 g/mol. The molecule has 1 amide bonds. The van der Waals surface area contributed by atoms with Crippen LogP contribution in [0.4, 0.5) is 11.4 Å². The lowest BCUT2D eigenvalue weighted by atomic mass is 10.2. The van der Waals surface area contributed by atoms with Crippen molar-refractivity contribution in [3.8, 4) is 5.75 Å². The van der Waals surface area contributed by atoms with E-state index in [1.54, 1.807) is 6.07 Å². The summed E-state index contributed by atoms with van der Waals surface area (Å²) in [5.41, 5.74) is -0.0886. The Balaban J connectivity index is 2.03. The van der Waals surface area contributed by atoms with Gasteiger partial charge in [0.25, 0.3) is 5.69 Å². The van der Waals surface area contributed by atoms with Crippen molar-refractivity contribution in [1.29, 1.82) is 0 Å². The zero-order chi connectivity index (χ0) is 16.1. The molecule has 2 rings (SSSR count). The molecule has 0 unspecified atom stereocenters. The van der Waals surface area contributed by atoms with E-state index in [1.165, 1.54) is 42.3 Å². The lowest BCUT2D eigenvalue weighted by Gasteiger charge is -2.06. The predicted octanol–water partition coefficient (Wildman–Crippen LogP) is 2.49. The average molecular weight is 340 g/mol. The molecule has 1 N–H and O–H groups in total. The molecule has 116 valence electrons. The van der Waals surface area contributed by atoms with E-state index >= 15 is 0 Å². The van der Waals surface area contributed by atoms with Crippen LogP contribution < -0.4 is 10.1 Å². The standard InChI is InChI=1S/C12H12N4O4S2/c1-7-14-15-12(22-7)21-6-11(17)13-9-4-3-8(20-2)5-10(9)16(18)19/h3-5H,6H2,1-2H3,(H,13,17). The first-order valence-electron chi connectivity index (χ1n) is 6.05. The molecule has 1 heterocycles. The second-order valence-electron chi connectivity index (χ2n) is 4.06. The van der Waals surface area contributed by atoms with Gasteiger partial charge in [-0.25, -0.2) is 0 Å². The fraction of sp³-hybridized carbons (Fsp3) is 0.250. The smallest absolute Gasteiger partial charge is 0.296 e. The Morgan fingerprint density at radius 2 is 2.27 bits per heavy atom. The topological polar surface area (TPSA) is 107 Å². The third-order valence-corrected chi connectivity index (χ3v) is 4.48. The lowest BCUT2D eigenvalue weighted by molar-refractivity contribution is -0.384. The van der Waals surface area contributed by atoms with Gasteiger partial charge in [-0.15, -0.1) is 10.2 Å². The number of carbonyl (C=O) groups excluding carboxylic acids is 1. The number of thioether (sulfide) groups is 1. The molecule has 0 aliphatic heterocycles. The quantitative estimate of drug-likeness (QED) is 0.489. The Bertz CT molecular complexity index is 704. The number of nitro groups is 1. The van der Waals surface area contributed by atoms with Crippen LogP contribution in [0.2, 0.25) is 0 Å². The number of hydrogen-bond donors (Lipinski definition) is 1. The Labute approximate surface area is 134 Å². The van der Waals surface area contributed by atoms with Crippen molar-refractivity contribution in [3.05, 3.63) is 33.3 Å². The minimum Gasteiger partial charge on any atom is -0.496 e. The normalized spacial score (nSPS) is 10.3. The number of nitro benzene ring substituents is 1. The highest BCUT2D eigenvalue weighted by molar-refractivity contribution is 8.01. The zero-order valence-corrected chi connectivity index (χ0v) is 13.4. The molecule has 2 aromatic rings. The molecule has 0 aliphatic carbocycles. The number of nitrogens with zero attached hydrogens (tertiary/aromatic N) is 3. The second kappa shape index (κ2) is 7.18. The van der Waals surface area contributed by atoms with Gasteiger partial charge in [-0.1, -0.05) is 23.1 Å². The van der Waals surface area contributed by atoms with Crippen LogP contribution in [-0.2, 0) is 4.79 Å². The molecule has 0 spiro atoms. The van der Waals surface area contributed by atoms with Gasteiger partial charge < -0.3 is 10.1 Å².